The third-order valence-corrected chi connectivity index (χ3v) is 4.05. The molecule has 0 spiro atoms. The average molecular weight is 271 g/mol. The van der Waals surface area contributed by atoms with Crippen LogP contribution < -0.4 is 10.2 Å². The minimum absolute atomic E-state index is 0.495. The lowest BCUT2D eigenvalue weighted by atomic mass is 10.3. The summed E-state index contributed by atoms with van der Waals surface area (Å²) in [6.07, 6.45) is 0. The molecule has 1 aromatic rings. The van der Waals surface area contributed by atoms with Crippen LogP contribution in [0, 0.1) is 6.92 Å². The molecular weight excluding hydrogens is 246 g/mol. The van der Waals surface area contributed by atoms with Crippen molar-refractivity contribution in [1.82, 2.24) is 10.3 Å². The summed E-state index contributed by atoms with van der Waals surface area (Å²) in [5, 5.41) is 4.50. The van der Waals surface area contributed by atoms with Crippen molar-refractivity contribution < 1.29 is 4.74 Å². The van der Waals surface area contributed by atoms with E-state index in [2.05, 4.69) is 42.9 Å². The van der Waals surface area contributed by atoms with Crippen LogP contribution in [0.25, 0.3) is 0 Å². The molecule has 1 rings (SSSR count). The lowest BCUT2D eigenvalue weighted by Gasteiger charge is -2.24. The Morgan fingerprint density at radius 2 is 2.17 bits per heavy atom. The fourth-order valence-electron chi connectivity index (χ4n) is 1.80. The first-order valence-electron chi connectivity index (χ1n) is 6.52. The summed E-state index contributed by atoms with van der Waals surface area (Å²) in [4.78, 5) is 8.32. The maximum absolute atomic E-state index is 5.02. The Balaban J connectivity index is 2.63. The third kappa shape index (κ3) is 4.23. The predicted molar refractivity (Wildman–Crippen MR) is 78.6 cm³/mol. The molecule has 0 bridgehead atoms. The molecule has 1 aromatic heterocycles. The normalized spacial score (nSPS) is 11.2. The van der Waals surface area contributed by atoms with E-state index in [1.54, 1.807) is 18.4 Å². The smallest absolute Gasteiger partial charge is 0.186 e. The molecule has 0 atom stereocenters. The number of methoxy groups -OCH3 is 1. The van der Waals surface area contributed by atoms with Gasteiger partial charge in [0.2, 0.25) is 0 Å². The zero-order chi connectivity index (χ0) is 13.5. The van der Waals surface area contributed by atoms with Crippen molar-refractivity contribution in [2.75, 3.05) is 31.7 Å². The van der Waals surface area contributed by atoms with Crippen molar-refractivity contribution >= 4 is 16.5 Å². The number of ether oxygens (including phenoxy) is 1. The van der Waals surface area contributed by atoms with Gasteiger partial charge in [0, 0.05) is 37.7 Å². The Morgan fingerprint density at radius 3 is 2.72 bits per heavy atom. The molecular formula is C13H25N3OS. The van der Waals surface area contributed by atoms with Crippen LogP contribution in [-0.4, -0.2) is 37.8 Å². The molecule has 1 heterocycles. The molecule has 1 N–H and O–H groups in total. The van der Waals surface area contributed by atoms with Crippen molar-refractivity contribution in [2.24, 2.45) is 0 Å². The largest absolute Gasteiger partial charge is 0.383 e. The van der Waals surface area contributed by atoms with Crippen molar-refractivity contribution in [3.63, 3.8) is 0 Å². The summed E-state index contributed by atoms with van der Waals surface area (Å²) in [5.74, 6) is 0. The molecule has 0 aliphatic rings. The zero-order valence-corrected chi connectivity index (χ0v) is 12.9. The average Bonchev–Trinajstić information content (AvgIpc) is 2.67. The van der Waals surface area contributed by atoms with E-state index in [1.807, 2.05) is 0 Å². The van der Waals surface area contributed by atoms with Crippen molar-refractivity contribution in [3.05, 3.63) is 10.6 Å². The van der Waals surface area contributed by atoms with E-state index in [4.69, 9.17) is 4.74 Å². The highest BCUT2D eigenvalue weighted by Crippen LogP contribution is 2.27. The van der Waals surface area contributed by atoms with Gasteiger partial charge in [-0.2, -0.15) is 0 Å². The summed E-state index contributed by atoms with van der Waals surface area (Å²) in [6, 6.07) is 0.495. The number of aryl methyl sites for hydroxylation is 1. The molecule has 4 nitrogen and oxygen atoms in total. The zero-order valence-electron chi connectivity index (χ0n) is 12.1. The Kier molecular flexibility index (Phi) is 6.60. The van der Waals surface area contributed by atoms with Crippen LogP contribution in [0.1, 0.15) is 31.3 Å². The maximum atomic E-state index is 5.02. The van der Waals surface area contributed by atoms with E-state index in [1.165, 1.54) is 4.88 Å². The molecule has 0 saturated heterocycles. The molecule has 0 fully saturated rings. The number of nitrogens with zero attached hydrogens (tertiary/aromatic N) is 2. The number of aromatic nitrogens is 1. The summed E-state index contributed by atoms with van der Waals surface area (Å²) < 4.78 is 5.02. The van der Waals surface area contributed by atoms with E-state index >= 15 is 0 Å². The van der Waals surface area contributed by atoms with Gasteiger partial charge in [-0.3, -0.25) is 0 Å². The second-order valence-electron chi connectivity index (χ2n) is 4.55. The maximum Gasteiger partial charge on any atom is 0.186 e. The first-order chi connectivity index (χ1) is 8.60. The van der Waals surface area contributed by atoms with Crippen molar-refractivity contribution in [1.29, 1.82) is 0 Å². The number of anilines is 1. The van der Waals surface area contributed by atoms with Gasteiger partial charge in [0.1, 0.15) is 0 Å². The van der Waals surface area contributed by atoms with E-state index in [-0.39, 0.29) is 0 Å². The monoisotopic (exact) mass is 271 g/mol. The minimum Gasteiger partial charge on any atom is -0.383 e. The molecule has 0 aromatic carbocycles. The third-order valence-electron chi connectivity index (χ3n) is 2.86. The van der Waals surface area contributed by atoms with Gasteiger partial charge in [-0.15, -0.1) is 11.3 Å². The van der Waals surface area contributed by atoms with Crippen LogP contribution in [0.3, 0.4) is 0 Å². The van der Waals surface area contributed by atoms with Gasteiger partial charge in [-0.05, 0) is 27.7 Å². The van der Waals surface area contributed by atoms with Crippen LogP contribution in [0.2, 0.25) is 0 Å². The molecule has 0 aliphatic heterocycles. The first kappa shape index (κ1) is 15.4. The van der Waals surface area contributed by atoms with Gasteiger partial charge in [0.05, 0.1) is 12.3 Å². The Morgan fingerprint density at radius 1 is 1.44 bits per heavy atom. The summed E-state index contributed by atoms with van der Waals surface area (Å²) in [5.41, 5.74) is 1.14. The molecule has 5 heteroatoms. The lowest BCUT2D eigenvalue weighted by Crippen LogP contribution is -2.30. The van der Waals surface area contributed by atoms with Gasteiger partial charge in [-0.1, -0.05) is 0 Å². The van der Waals surface area contributed by atoms with Crippen LogP contribution in [0.15, 0.2) is 0 Å². The molecule has 0 radical (unpaired) electrons. The SMILES string of the molecule is CCN(c1nc(C)c(CNCCOC)s1)C(C)C. The number of rotatable bonds is 8. The Labute approximate surface area is 114 Å². The minimum atomic E-state index is 0.495. The Hall–Kier alpha value is -0.650. The standard InChI is InChI=1S/C13H25N3OS/c1-6-16(10(2)3)13-15-11(4)12(18-13)9-14-7-8-17-5/h10,14H,6-9H2,1-5H3. The highest BCUT2D eigenvalue weighted by molar-refractivity contribution is 7.15. The molecule has 0 amide bonds. The molecule has 18 heavy (non-hydrogen) atoms. The van der Waals surface area contributed by atoms with Gasteiger partial charge < -0.3 is 15.0 Å². The quantitative estimate of drug-likeness (QED) is 0.737. The summed E-state index contributed by atoms with van der Waals surface area (Å²) in [7, 11) is 1.72. The van der Waals surface area contributed by atoms with Gasteiger partial charge >= 0.3 is 0 Å². The fourth-order valence-corrected chi connectivity index (χ4v) is 3.02. The number of nitrogens with one attached hydrogen (secondary N) is 1. The van der Waals surface area contributed by atoms with E-state index in [0.29, 0.717) is 6.04 Å². The van der Waals surface area contributed by atoms with Crippen molar-refractivity contribution in [3.8, 4) is 0 Å². The van der Waals surface area contributed by atoms with Crippen LogP contribution in [0.5, 0.6) is 0 Å². The van der Waals surface area contributed by atoms with Gasteiger partial charge in [-0.25, -0.2) is 4.98 Å². The number of hydrogen-bond acceptors (Lipinski definition) is 5. The second-order valence-corrected chi connectivity index (χ2v) is 5.62. The number of thiazole rings is 1. The predicted octanol–water partition coefficient (Wildman–Crippen LogP) is 2.42. The molecule has 0 saturated carbocycles. The van der Waals surface area contributed by atoms with Gasteiger partial charge in [0.15, 0.2) is 5.13 Å². The molecule has 0 aliphatic carbocycles. The van der Waals surface area contributed by atoms with Crippen molar-refractivity contribution in [2.45, 2.75) is 40.3 Å². The van der Waals surface area contributed by atoms with Crippen LogP contribution >= 0.6 is 11.3 Å². The van der Waals surface area contributed by atoms with Crippen LogP contribution in [-0.2, 0) is 11.3 Å². The van der Waals surface area contributed by atoms with Crippen LogP contribution in [0.4, 0.5) is 5.13 Å². The first-order valence-corrected chi connectivity index (χ1v) is 7.34. The molecule has 104 valence electrons. The lowest BCUT2D eigenvalue weighted by molar-refractivity contribution is 0.199. The van der Waals surface area contributed by atoms with Gasteiger partial charge in [0.25, 0.3) is 0 Å². The highest BCUT2D eigenvalue weighted by atomic mass is 32.1. The summed E-state index contributed by atoms with van der Waals surface area (Å²) in [6.45, 7) is 12.2. The highest BCUT2D eigenvalue weighted by Gasteiger charge is 2.14. The second kappa shape index (κ2) is 7.71. The Bertz CT molecular complexity index is 352. The molecule has 0 unspecified atom stereocenters. The summed E-state index contributed by atoms with van der Waals surface area (Å²) >= 11 is 1.79. The number of hydrogen-bond donors (Lipinski definition) is 1. The van der Waals surface area contributed by atoms with E-state index in [9.17, 15) is 0 Å². The fraction of sp³-hybridized carbons (Fsp3) is 0.769. The van der Waals surface area contributed by atoms with E-state index < -0.39 is 0 Å². The van der Waals surface area contributed by atoms with E-state index in [0.717, 1.165) is 37.1 Å². The topological polar surface area (TPSA) is 37.4 Å².